The zero-order valence-electron chi connectivity index (χ0n) is 22.9. The molecule has 1 saturated heterocycles. The van der Waals surface area contributed by atoms with Gasteiger partial charge in [-0.3, -0.25) is 9.69 Å². The first-order chi connectivity index (χ1) is 18.1. The highest BCUT2D eigenvalue weighted by Gasteiger charge is 2.29. The third-order valence-electron chi connectivity index (χ3n) is 6.87. The molecule has 2 unspecified atom stereocenters. The quantitative estimate of drug-likeness (QED) is 0.211. The van der Waals surface area contributed by atoms with Crippen LogP contribution in [0.1, 0.15) is 55.4 Å². The summed E-state index contributed by atoms with van der Waals surface area (Å²) >= 11 is 0. The van der Waals surface area contributed by atoms with Gasteiger partial charge in [-0.05, 0) is 72.6 Å². The summed E-state index contributed by atoms with van der Waals surface area (Å²) in [6.07, 6.45) is 9.27. The number of allylic oxidation sites excluding steroid dienone is 2. The zero-order chi connectivity index (χ0) is 26.5. The lowest BCUT2D eigenvalue weighted by Crippen LogP contribution is -2.35. The molecular formula is C31H43N3O3. The van der Waals surface area contributed by atoms with Crippen LogP contribution in [-0.2, 0) is 22.5 Å². The van der Waals surface area contributed by atoms with Crippen LogP contribution in [0, 0.1) is 18.8 Å². The number of morpholine rings is 1. The topological polar surface area (TPSA) is 63.2 Å². The molecule has 2 atom stereocenters. The summed E-state index contributed by atoms with van der Waals surface area (Å²) in [5, 5.41) is 4.51. The van der Waals surface area contributed by atoms with Crippen molar-refractivity contribution in [1.29, 1.82) is 0 Å². The van der Waals surface area contributed by atoms with Crippen molar-refractivity contribution in [3.63, 3.8) is 0 Å². The van der Waals surface area contributed by atoms with E-state index in [1.807, 2.05) is 19.1 Å². The smallest absolute Gasteiger partial charge is 0.227 e. The molecule has 0 bridgehead atoms. The van der Waals surface area contributed by atoms with Crippen molar-refractivity contribution in [1.82, 2.24) is 10.3 Å². The minimum absolute atomic E-state index is 0.221. The van der Waals surface area contributed by atoms with E-state index in [1.54, 1.807) is 7.11 Å². The Morgan fingerprint density at radius 3 is 2.41 bits per heavy atom. The molecule has 2 aromatic carbocycles. The number of hydrogen-bond acceptors (Lipinski definition) is 5. The van der Waals surface area contributed by atoms with Crippen LogP contribution in [0.15, 0.2) is 59.7 Å². The summed E-state index contributed by atoms with van der Waals surface area (Å²) in [6.45, 7) is 10.9. The number of hydrogen-bond donors (Lipinski definition) is 1. The van der Waals surface area contributed by atoms with Crippen molar-refractivity contribution in [2.24, 2.45) is 16.9 Å². The molecule has 4 rings (SSSR count). The van der Waals surface area contributed by atoms with Crippen LogP contribution in [0.4, 0.5) is 0 Å². The van der Waals surface area contributed by atoms with Crippen LogP contribution in [0.5, 0.6) is 5.75 Å². The molecule has 1 fully saturated rings. The van der Waals surface area contributed by atoms with Gasteiger partial charge < -0.3 is 9.47 Å². The van der Waals surface area contributed by atoms with Crippen molar-refractivity contribution in [2.45, 2.75) is 53.0 Å². The Hall–Kier alpha value is -2.96. The summed E-state index contributed by atoms with van der Waals surface area (Å²) in [5.41, 5.74) is 8.25. The predicted octanol–water partition coefficient (Wildman–Crippen LogP) is 5.53. The molecule has 0 radical (unpaired) electrons. The van der Waals surface area contributed by atoms with Gasteiger partial charge in [0, 0.05) is 25.6 Å². The highest BCUT2D eigenvalue weighted by Crippen LogP contribution is 2.33. The maximum Gasteiger partial charge on any atom is 0.227 e. The molecule has 1 heterocycles. The molecule has 2 aliphatic rings. The van der Waals surface area contributed by atoms with E-state index in [0.717, 1.165) is 74.7 Å². The van der Waals surface area contributed by atoms with E-state index >= 15 is 0 Å². The van der Waals surface area contributed by atoms with Gasteiger partial charge in [-0.25, -0.2) is 5.43 Å². The van der Waals surface area contributed by atoms with E-state index in [9.17, 15) is 4.79 Å². The molecule has 1 aliphatic heterocycles. The predicted molar refractivity (Wildman–Crippen MR) is 151 cm³/mol. The van der Waals surface area contributed by atoms with Crippen LogP contribution in [0.2, 0.25) is 0 Å². The standard InChI is InChI=1S/C28H35N3O3.C3H8/c1-21-17-25(11-12-27(21)33-2)28(30-29-20-32)26-6-4-3-5-24(26)18-22-7-9-23(10-8-22)19-31-13-15-34-16-14-31;1-3-2/h3-4,7-12,17,20,24,26H,5-6,13-16,18-19H2,1-2H3,(H,29,32);3H2,1-2H3/b30-28-;. The number of hydrazone groups is 1. The second-order valence-corrected chi connectivity index (χ2v) is 9.85. The molecule has 0 aromatic heterocycles. The molecule has 37 heavy (non-hydrogen) atoms. The normalized spacial score (nSPS) is 20.1. The number of methoxy groups -OCH3 is 1. The van der Waals surface area contributed by atoms with Gasteiger partial charge >= 0.3 is 0 Å². The minimum Gasteiger partial charge on any atom is -0.496 e. The number of rotatable bonds is 9. The number of ether oxygens (including phenoxy) is 2. The molecule has 0 spiro atoms. The monoisotopic (exact) mass is 505 g/mol. The third-order valence-corrected chi connectivity index (χ3v) is 6.87. The Morgan fingerprint density at radius 1 is 1.08 bits per heavy atom. The number of aryl methyl sites for hydroxylation is 1. The average molecular weight is 506 g/mol. The van der Waals surface area contributed by atoms with Crippen LogP contribution < -0.4 is 10.2 Å². The van der Waals surface area contributed by atoms with Crippen molar-refractivity contribution in [2.75, 3.05) is 33.4 Å². The SMILES string of the molecule is CCC.COc1ccc(/C(=N/NC=O)C2CC=CCC2Cc2ccc(CN3CCOCC3)cc2)cc1C. The van der Waals surface area contributed by atoms with Crippen molar-refractivity contribution < 1.29 is 14.3 Å². The first-order valence-corrected chi connectivity index (χ1v) is 13.5. The molecule has 2 aromatic rings. The first-order valence-electron chi connectivity index (χ1n) is 13.5. The van der Waals surface area contributed by atoms with Gasteiger partial charge in [0.05, 0.1) is 26.0 Å². The molecule has 6 nitrogen and oxygen atoms in total. The number of carbonyl (C=O) groups excluding carboxylic acids is 1. The third kappa shape index (κ3) is 8.54. The Kier molecular flexibility index (Phi) is 11.9. The Morgan fingerprint density at radius 2 is 1.76 bits per heavy atom. The van der Waals surface area contributed by atoms with Crippen LogP contribution in [0.3, 0.4) is 0 Å². The van der Waals surface area contributed by atoms with Crippen LogP contribution >= 0.6 is 0 Å². The molecule has 200 valence electrons. The van der Waals surface area contributed by atoms with E-state index < -0.39 is 0 Å². The van der Waals surface area contributed by atoms with Gasteiger partial charge in [-0.15, -0.1) is 0 Å². The van der Waals surface area contributed by atoms with Crippen molar-refractivity contribution in [3.05, 3.63) is 76.9 Å². The lowest BCUT2D eigenvalue weighted by molar-refractivity contribution is -0.109. The summed E-state index contributed by atoms with van der Waals surface area (Å²) in [7, 11) is 1.68. The molecule has 1 aliphatic carbocycles. The van der Waals surface area contributed by atoms with E-state index in [1.165, 1.54) is 17.5 Å². The number of amides is 1. The second kappa shape index (κ2) is 15.3. The second-order valence-electron chi connectivity index (χ2n) is 9.85. The fraction of sp³-hybridized carbons (Fsp3) is 0.484. The van der Waals surface area contributed by atoms with Gasteiger partial charge in [-0.1, -0.05) is 56.7 Å². The first kappa shape index (κ1) is 28.6. The number of nitrogens with zero attached hydrogens (tertiary/aromatic N) is 2. The van der Waals surface area contributed by atoms with Crippen molar-refractivity contribution in [3.8, 4) is 5.75 Å². The van der Waals surface area contributed by atoms with Gasteiger partial charge in [0.25, 0.3) is 0 Å². The largest absolute Gasteiger partial charge is 0.496 e. The molecule has 6 heteroatoms. The van der Waals surface area contributed by atoms with Gasteiger partial charge in [0.1, 0.15) is 5.75 Å². The number of nitrogens with one attached hydrogen (secondary N) is 1. The Balaban J connectivity index is 0.00000121. The fourth-order valence-corrected chi connectivity index (χ4v) is 5.03. The lowest BCUT2D eigenvalue weighted by Gasteiger charge is -2.30. The van der Waals surface area contributed by atoms with E-state index in [2.05, 4.69) is 71.8 Å². The summed E-state index contributed by atoms with van der Waals surface area (Å²) in [6, 6.07) is 15.2. The zero-order valence-corrected chi connectivity index (χ0v) is 22.9. The summed E-state index contributed by atoms with van der Waals surface area (Å²) < 4.78 is 10.9. The Bertz CT molecular complexity index is 1030. The van der Waals surface area contributed by atoms with Crippen LogP contribution in [0.25, 0.3) is 0 Å². The molecule has 1 N–H and O–H groups in total. The summed E-state index contributed by atoms with van der Waals surface area (Å²) in [4.78, 5) is 13.5. The molecule has 0 saturated carbocycles. The van der Waals surface area contributed by atoms with E-state index in [0.29, 0.717) is 12.3 Å². The van der Waals surface area contributed by atoms with E-state index in [-0.39, 0.29) is 5.92 Å². The number of benzene rings is 2. The highest BCUT2D eigenvalue weighted by molar-refractivity contribution is 6.03. The summed E-state index contributed by atoms with van der Waals surface area (Å²) in [5.74, 6) is 1.48. The van der Waals surface area contributed by atoms with Crippen molar-refractivity contribution >= 4 is 12.1 Å². The fourth-order valence-electron chi connectivity index (χ4n) is 5.03. The molecule has 1 amide bonds. The maximum absolute atomic E-state index is 11.1. The molecular weight excluding hydrogens is 462 g/mol. The van der Waals surface area contributed by atoms with E-state index in [4.69, 9.17) is 9.47 Å². The highest BCUT2D eigenvalue weighted by atomic mass is 16.5. The number of carbonyl (C=O) groups is 1. The lowest BCUT2D eigenvalue weighted by atomic mass is 9.75. The minimum atomic E-state index is 0.221. The van der Waals surface area contributed by atoms with Crippen LogP contribution in [-0.4, -0.2) is 50.4 Å². The van der Waals surface area contributed by atoms with Gasteiger partial charge in [0.15, 0.2) is 0 Å². The Labute approximate surface area is 222 Å². The van der Waals surface area contributed by atoms with Gasteiger partial charge in [0.2, 0.25) is 6.41 Å². The van der Waals surface area contributed by atoms with Gasteiger partial charge in [-0.2, -0.15) is 5.10 Å². The average Bonchev–Trinajstić information content (AvgIpc) is 2.92. The maximum atomic E-state index is 11.1.